The van der Waals surface area contributed by atoms with E-state index in [1.165, 1.54) is 6.07 Å². The maximum absolute atomic E-state index is 12.5. The van der Waals surface area contributed by atoms with E-state index in [0.717, 1.165) is 24.3 Å². The van der Waals surface area contributed by atoms with E-state index < -0.39 is 31.1 Å². The molecule has 0 atom stereocenters. The monoisotopic (exact) mass is 324 g/mol. The van der Waals surface area contributed by atoms with E-state index >= 15 is 0 Å². The Balaban J connectivity index is 2.33. The Kier molecular flexibility index (Phi) is 4.19. The van der Waals surface area contributed by atoms with Gasteiger partial charge < -0.3 is 5.11 Å². The summed E-state index contributed by atoms with van der Waals surface area (Å²) < 4.78 is 75.1. The van der Waals surface area contributed by atoms with E-state index in [9.17, 15) is 26.3 Å². The highest BCUT2D eigenvalue weighted by atomic mass is 19.4. The Labute approximate surface area is 120 Å². The second kappa shape index (κ2) is 5.64. The molecule has 1 N–H and O–H groups in total. The summed E-state index contributed by atoms with van der Waals surface area (Å²) in [6.07, 6.45) is -9.02. The number of rotatable bonds is 3. The highest BCUT2D eigenvalue weighted by molar-refractivity contribution is 5.60. The topological polar surface area (TPSA) is 38.1 Å². The van der Waals surface area contributed by atoms with E-state index in [0.29, 0.717) is 4.68 Å². The zero-order valence-electron chi connectivity index (χ0n) is 10.9. The molecule has 22 heavy (non-hydrogen) atoms. The normalized spacial score (nSPS) is 12.7. The Hall–Kier alpha value is -2.03. The van der Waals surface area contributed by atoms with Gasteiger partial charge in [-0.15, -0.1) is 0 Å². The van der Waals surface area contributed by atoms with Gasteiger partial charge in [0.15, 0.2) is 0 Å². The molecule has 0 bridgehead atoms. The number of alkyl halides is 6. The maximum Gasteiger partial charge on any atom is 0.416 e. The number of aromatic nitrogens is 2. The van der Waals surface area contributed by atoms with Gasteiger partial charge in [0.05, 0.1) is 23.6 Å². The molecule has 1 aromatic heterocycles. The second-order valence-corrected chi connectivity index (χ2v) is 4.53. The molecule has 120 valence electrons. The molecule has 0 spiro atoms. The summed E-state index contributed by atoms with van der Waals surface area (Å²) in [7, 11) is 0. The molecule has 1 heterocycles. The number of hydrogen-bond donors (Lipinski definition) is 1. The Morgan fingerprint density at radius 2 is 1.59 bits per heavy atom. The van der Waals surface area contributed by atoms with Crippen LogP contribution in [-0.2, 0) is 19.3 Å². The van der Waals surface area contributed by atoms with Gasteiger partial charge in [0.1, 0.15) is 6.54 Å². The minimum absolute atomic E-state index is 0.0574. The summed E-state index contributed by atoms with van der Waals surface area (Å²) in [5, 5.41) is 12.7. The SMILES string of the molecule is OCc1cc(-c2ccc(C(F)(F)F)cc2)nn1CC(F)(F)F. The number of halogens is 6. The van der Waals surface area contributed by atoms with Gasteiger partial charge in [-0.2, -0.15) is 31.4 Å². The molecule has 0 saturated heterocycles. The molecule has 2 aromatic rings. The van der Waals surface area contributed by atoms with Crippen molar-refractivity contribution < 1.29 is 31.4 Å². The molecule has 0 saturated carbocycles. The van der Waals surface area contributed by atoms with E-state index in [1.54, 1.807) is 0 Å². The van der Waals surface area contributed by atoms with Crippen LogP contribution >= 0.6 is 0 Å². The summed E-state index contributed by atoms with van der Waals surface area (Å²) in [4.78, 5) is 0. The van der Waals surface area contributed by atoms with Crippen LogP contribution in [0.1, 0.15) is 11.3 Å². The molecule has 2 rings (SSSR count). The lowest BCUT2D eigenvalue weighted by atomic mass is 10.1. The summed E-state index contributed by atoms with van der Waals surface area (Å²) in [5.74, 6) is 0. The van der Waals surface area contributed by atoms with E-state index in [-0.39, 0.29) is 17.0 Å². The molecule has 0 aliphatic rings. The minimum Gasteiger partial charge on any atom is -0.390 e. The van der Waals surface area contributed by atoms with Crippen LogP contribution in [0, 0.1) is 0 Å². The lowest BCUT2D eigenvalue weighted by molar-refractivity contribution is -0.143. The average Bonchev–Trinajstić information content (AvgIpc) is 2.78. The first-order valence-electron chi connectivity index (χ1n) is 6.02. The van der Waals surface area contributed by atoms with Gasteiger partial charge in [0, 0.05) is 5.56 Å². The van der Waals surface area contributed by atoms with Crippen molar-refractivity contribution in [3.63, 3.8) is 0 Å². The average molecular weight is 324 g/mol. The number of aliphatic hydroxyl groups is 1. The minimum atomic E-state index is -4.52. The molecule has 0 amide bonds. The number of benzene rings is 1. The fourth-order valence-electron chi connectivity index (χ4n) is 1.86. The van der Waals surface area contributed by atoms with Crippen molar-refractivity contribution in [1.82, 2.24) is 9.78 Å². The Bertz CT molecular complexity index is 642. The van der Waals surface area contributed by atoms with Crippen LogP contribution in [0.15, 0.2) is 30.3 Å². The van der Waals surface area contributed by atoms with Crippen LogP contribution in [0.2, 0.25) is 0 Å². The first-order chi connectivity index (χ1) is 10.1. The van der Waals surface area contributed by atoms with Crippen LogP contribution in [-0.4, -0.2) is 21.1 Å². The standard InChI is InChI=1S/C13H10F6N2O/c14-12(15,16)7-21-10(6-22)5-11(20-21)8-1-3-9(4-2-8)13(17,18)19/h1-5,22H,6-7H2. The molecule has 1 aromatic carbocycles. The molecule has 3 nitrogen and oxygen atoms in total. The quantitative estimate of drug-likeness (QED) is 0.876. The van der Waals surface area contributed by atoms with Crippen molar-refractivity contribution in [1.29, 1.82) is 0 Å². The zero-order chi connectivity index (χ0) is 16.5. The maximum atomic E-state index is 12.5. The van der Waals surface area contributed by atoms with Crippen molar-refractivity contribution >= 4 is 0 Å². The molecule has 0 aliphatic heterocycles. The molecular weight excluding hydrogens is 314 g/mol. The zero-order valence-corrected chi connectivity index (χ0v) is 10.9. The van der Waals surface area contributed by atoms with Crippen LogP contribution in [0.3, 0.4) is 0 Å². The molecule has 0 unspecified atom stereocenters. The van der Waals surface area contributed by atoms with Gasteiger partial charge in [0.2, 0.25) is 0 Å². The number of hydrogen-bond acceptors (Lipinski definition) is 2. The Morgan fingerprint density at radius 1 is 1.00 bits per heavy atom. The van der Waals surface area contributed by atoms with Gasteiger partial charge >= 0.3 is 12.4 Å². The largest absolute Gasteiger partial charge is 0.416 e. The van der Waals surface area contributed by atoms with Gasteiger partial charge in [-0.3, -0.25) is 4.68 Å². The molecular formula is C13H10F6N2O. The van der Waals surface area contributed by atoms with Crippen LogP contribution < -0.4 is 0 Å². The molecule has 0 aliphatic carbocycles. The smallest absolute Gasteiger partial charge is 0.390 e. The van der Waals surface area contributed by atoms with Gasteiger partial charge in [-0.25, -0.2) is 0 Å². The summed E-state index contributed by atoms with van der Waals surface area (Å²) in [6, 6.07) is 5.07. The predicted octanol–water partition coefficient (Wildman–Crippen LogP) is 3.62. The van der Waals surface area contributed by atoms with Crippen molar-refractivity contribution in [3.8, 4) is 11.3 Å². The van der Waals surface area contributed by atoms with Crippen molar-refractivity contribution in [3.05, 3.63) is 41.6 Å². The molecule has 0 radical (unpaired) electrons. The first-order valence-corrected chi connectivity index (χ1v) is 6.02. The van der Waals surface area contributed by atoms with E-state index in [2.05, 4.69) is 5.10 Å². The number of aliphatic hydroxyl groups excluding tert-OH is 1. The predicted molar refractivity (Wildman–Crippen MR) is 64.6 cm³/mol. The lowest BCUT2D eigenvalue weighted by Crippen LogP contribution is -2.20. The van der Waals surface area contributed by atoms with Crippen LogP contribution in [0.4, 0.5) is 26.3 Å². The lowest BCUT2D eigenvalue weighted by Gasteiger charge is -2.08. The third-order valence-electron chi connectivity index (χ3n) is 2.86. The van der Waals surface area contributed by atoms with Gasteiger partial charge in [-0.1, -0.05) is 12.1 Å². The third-order valence-corrected chi connectivity index (χ3v) is 2.86. The van der Waals surface area contributed by atoms with E-state index in [4.69, 9.17) is 5.11 Å². The second-order valence-electron chi connectivity index (χ2n) is 4.53. The highest BCUT2D eigenvalue weighted by Gasteiger charge is 2.31. The summed E-state index contributed by atoms with van der Waals surface area (Å²) in [5.41, 5.74) is -0.661. The van der Waals surface area contributed by atoms with Crippen molar-refractivity contribution in [2.45, 2.75) is 25.5 Å². The first kappa shape index (κ1) is 16.3. The fourth-order valence-corrected chi connectivity index (χ4v) is 1.86. The molecule has 9 heteroatoms. The fraction of sp³-hybridized carbons (Fsp3) is 0.308. The Morgan fingerprint density at radius 3 is 2.05 bits per heavy atom. The van der Waals surface area contributed by atoms with Gasteiger partial charge in [0.25, 0.3) is 0 Å². The number of nitrogens with zero attached hydrogens (tertiary/aromatic N) is 2. The summed E-state index contributed by atoms with van der Waals surface area (Å²) in [6.45, 7) is -2.05. The third kappa shape index (κ3) is 3.79. The van der Waals surface area contributed by atoms with Crippen LogP contribution in [0.5, 0.6) is 0 Å². The summed E-state index contributed by atoms with van der Waals surface area (Å²) >= 11 is 0. The van der Waals surface area contributed by atoms with Crippen molar-refractivity contribution in [2.75, 3.05) is 0 Å². The highest BCUT2D eigenvalue weighted by Crippen LogP contribution is 2.31. The van der Waals surface area contributed by atoms with Crippen LogP contribution in [0.25, 0.3) is 11.3 Å². The van der Waals surface area contributed by atoms with Gasteiger partial charge in [-0.05, 0) is 18.2 Å². The van der Waals surface area contributed by atoms with E-state index in [1.807, 2.05) is 0 Å². The molecule has 0 fully saturated rings. The van der Waals surface area contributed by atoms with Crippen molar-refractivity contribution in [2.24, 2.45) is 0 Å².